The van der Waals surface area contributed by atoms with Crippen molar-refractivity contribution in [2.75, 3.05) is 32.8 Å². The van der Waals surface area contributed by atoms with Crippen LogP contribution in [-0.2, 0) is 4.74 Å². The molecule has 3 rings (SSSR count). The maximum Gasteiger partial charge on any atom is 0.0480 e. The van der Waals surface area contributed by atoms with E-state index in [9.17, 15) is 0 Å². The van der Waals surface area contributed by atoms with Gasteiger partial charge in [0.1, 0.15) is 0 Å². The highest BCUT2D eigenvalue weighted by Crippen LogP contribution is 2.36. The second-order valence-electron chi connectivity index (χ2n) is 5.67. The Kier molecular flexibility index (Phi) is 3.46. The molecule has 0 aromatic heterocycles. The maximum absolute atomic E-state index is 5.37. The van der Waals surface area contributed by atoms with Crippen LogP contribution in [0.4, 0.5) is 0 Å². The number of rotatable bonds is 4. The maximum atomic E-state index is 5.37. The van der Waals surface area contributed by atoms with Gasteiger partial charge in [-0.3, -0.25) is 4.90 Å². The molecule has 3 aliphatic rings. The Labute approximate surface area is 98.5 Å². The minimum absolute atomic E-state index is 0.716. The number of hydrogen-bond acceptors (Lipinski definition) is 3. The van der Waals surface area contributed by atoms with E-state index in [4.69, 9.17) is 4.74 Å². The third-order valence-electron chi connectivity index (χ3n) is 4.58. The van der Waals surface area contributed by atoms with Gasteiger partial charge in [0.2, 0.25) is 0 Å². The number of piperidine rings is 1. The van der Waals surface area contributed by atoms with Gasteiger partial charge in [-0.1, -0.05) is 0 Å². The largest absolute Gasteiger partial charge is 0.381 e. The molecule has 2 unspecified atom stereocenters. The molecule has 0 spiro atoms. The third kappa shape index (κ3) is 2.41. The van der Waals surface area contributed by atoms with Gasteiger partial charge in [-0.25, -0.2) is 0 Å². The molecule has 0 amide bonds. The molecule has 92 valence electrons. The SMILES string of the molecule is C(CN1CC2CCC1C2)NC1CCOCC1. The zero-order chi connectivity index (χ0) is 10.8. The fraction of sp³-hybridized carbons (Fsp3) is 1.00. The van der Waals surface area contributed by atoms with E-state index in [-0.39, 0.29) is 0 Å². The van der Waals surface area contributed by atoms with E-state index in [0.29, 0.717) is 6.04 Å². The van der Waals surface area contributed by atoms with Gasteiger partial charge in [-0.05, 0) is 38.0 Å². The first kappa shape index (κ1) is 11.0. The molecule has 0 aromatic carbocycles. The Hall–Kier alpha value is -0.120. The van der Waals surface area contributed by atoms with Crippen LogP contribution >= 0.6 is 0 Å². The molecule has 3 nitrogen and oxygen atoms in total. The molecule has 2 saturated heterocycles. The quantitative estimate of drug-likeness (QED) is 0.777. The smallest absolute Gasteiger partial charge is 0.0480 e. The first-order valence-electron chi connectivity index (χ1n) is 6.97. The van der Waals surface area contributed by atoms with Crippen LogP contribution in [-0.4, -0.2) is 49.8 Å². The van der Waals surface area contributed by atoms with Crippen molar-refractivity contribution < 1.29 is 4.74 Å². The molecule has 16 heavy (non-hydrogen) atoms. The Morgan fingerprint density at radius 3 is 2.69 bits per heavy atom. The molecular weight excluding hydrogens is 200 g/mol. The predicted octanol–water partition coefficient (Wildman–Crippen LogP) is 1.24. The fourth-order valence-corrected chi connectivity index (χ4v) is 3.61. The number of hydrogen-bond donors (Lipinski definition) is 1. The lowest BCUT2D eigenvalue weighted by atomic mass is 10.1. The Bertz CT molecular complexity index is 228. The lowest BCUT2D eigenvalue weighted by Gasteiger charge is -2.29. The number of nitrogens with one attached hydrogen (secondary N) is 1. The van der Waals surface area contributed by atoms with E-state index in [1.54, 1.807) is 0 Å². The predicted molar refractivity (Wildman–Crippen MR) is 64.5 cm³/mol. The van der Waals surface area contributed by atoms with E-state index in [2.05, 4.69) is 10.2 Å². The number of ether oxygens (including phenoxy) is 1. The second-order valence-corrected chi connectivity index (χ2v) is 5.67. The van der Waals surface area contributed by atoms with Crippen LogP contribution in [0, 0.1) is 5.92 Å². The summed E-state index contributed by atoms with van der Waals surface area (Å²) >= 11 is 0. The summed E-state index contributed by atoms with van der Waals surface area (Å²) in [6.45, 7) is 5.71. The van der Waals surface area contributed by atoms with Gasteiger partial charge < -0.3 is 10.1 Å². The molecule has 2 bridgehead atoms. The monoisotopic (exact) mass is 224 g/mol. The summed E-state index contributed by atoms with van der Waals surface area (Å²) in [5, 5.41) is 3.69. The first-order valence-corrected chi connectivity index (χ1v) is 6.97. The molecule has 0 aromatic rings. The second kappa shape index (κ2) is 5.03. The van der Waals surface area contributed by atoms with Gasteiger partial charge in [-0.15, -0.1) is 0 Å². The summed E-state index contributed by atoms with van der Waals surface area (Å²) in [4.78, 5) is 2.71. The number of fused-ring (bicyclic) bond motifs is 2. The molecular formula is C13H24N2O. The van der Waals surface area contributed by atoms with Crippen LogP contribution in [0.2, 0.25) is 0 Å². The topological polar surface area (TPSA) is 24.5 Å². The Morgan fingerprint density at radius 1 is 1.12 bits per heavy atom. The molecule has 1 aliphatic carbocycles. The van der Waals surface area contributed by atoms with Gasteiger partial charge in [0.15, 0.2) is 0 Å². The van der Waals surface area contributed by atoms with E-state index >= 15 is 0 Å². The average molecular weight is 224 g/mol. The lowest BCUT2D eigenvalue weighted by Crippen LogP contribution is -2.42. The molecule has 2 atom stereocenters. The van der Waals surface area contributed by atoms with Gasteiger partial charge in [0, 0.05) is 44.9 Å². The van der Waals surface area contributed by atoms with Crippen LogP contribution in [0.25, 0.3) is 0 Å². The van der Waals surface area contributed by atoms with Crippen molar-refractivity contribution in [3.63, 3.8) is 0 Å². The van der Waals surface area contributed by atoms with Crippen LogP contribution in [0.1, 0.15) is 32.1 Å². The van der Waals surface area contributed by atoms with E-state index in [0.717, 1.165) is 25.2 Å². The van der Waals surface area contributed by atoms with Crippen LogP contribution in [0.3, 0.4) is 0 Å². The Morgan fingerprint density at radius 2 is 2.00 bits per heavy atom. The van der Waals surface area contributed by atoms with Gasteiger partial charge >= 0.3 is 0 Å². The molecule has 2 aliphatic heterocycles. The molecule has 2 heterocycles. The van der Waals surface area contributed by atoms with E-state index < -0.39 is 0 Å². The average Bonchev–Trinajstić information content (AvgIpc) is 2.92. The Balaban J connectivity index is 1.34. The fourth-order valence-electron chi connectivity index (χ4n) is 3.61. The summed E-state index contributed by atoms with van der Waals surface area (Å²) in [6, 6.07) is 1.65. The van der Waals surface area contributed by atoms with E-state index in [1.807, 2.05) is 0 Å². The summed E-state index contributed by atoms with van der Waals surface area (Å²) < 4.78 is 5.37. The number of nitrogens with zero attached hydrogens (tertiary/aromatic N) is 1. The van der Waals surface area contributed by atoms with Crippen LogP contribution < -0.4 is 5.32 Å². The minimum Gasteiger partial charge on any atom is -0.381 e. The van der Waals surface area contributed by atoms with Crippen molar-refractivity contribution in [3.05, 3.63) is 0 Å². The molecule has 3 fully saturated rings. The van der Waals surface area contributed by atoms with E-state index in [1.165, 1.54) is 51.7 Å². The zero-order valence-electron chi connectivity index (χ0n) is 10.2. The number of likely N-dealkylation sites (tertiary alicyclic amines) is 1. The summed E-state index contributed by atoms with van der Waals surface area (Å²) in [6.07, 6.45) is 6.84. The lowest BCUT2D eigenvalue weighted by molar-refractivity contribution is 0.0768. The minimum atomic E-state index is 0.716. The van der Waals surface area contributed by atoms with Gasteiger partial charge in [0.05, 0.1) is 0 Å². The molecule has 1 saturated carbocycles. The normalized spacial score (nSPS) is 36.0. The van der Waals surface area contributed by atoms with Crippen molar-refractivity contribution in [1.82, 2.24) is 10.2 Å². The highest BCUT2D eigenvalue weighted by molar-refractivity contribution is 4.92. The highest BCUT2D eigenvalue weighted by atomic mass is 16.5. The van der Waals surface area contributed by atoms with Crippen LogP contribution in [0.5, 0.6) is 0 Å². The van der Waals surface area contributed by atoms with Crippen molar-refractivity contribution in [2.45, 2.75) is 44.2 Å². The molecule has 1 N–H and O–H groups in total. The van der Waals surface area contributed by atoms with Crippen molar-refractivity contribution in [3.8, 4) is 0 Å². The first-order chi connectivity index (χ1) is 7.92. The van der Waals surface area contributed by atoms with Crippen LogP contribution in [0.15, 0.2) is 0 Å². The van der Waals surface area contributed by atoms with Gasteiger partial charge in [0.25, 0.3) is 0 Å². The van der Waals surface area contributed by atoms with Crippen molar-refractivity contribution in [1.29, 1.82) is 0 Å². The summed E-state index contributed by atoms with van der Waals surface area (Å²) in [5.41, 5.74) is 0. The zero-order valence-corrected chi connectivity index (χ0v) is 10.2. The third-order valence-corrected chi connectivity index (χ3v) is 4.58. The summed E-state index contributed by atoms with van der Waals surface area (Å²) in [5.74, 6) is 1.04. The van der Waals surface area contributed by atoms with Crippen molar-refractivity contribution >= 4 is 0 Å². The molecule has 0 radical (unpaired) electrons. The summed E-state index contributed by atoms with van der Waals surface area (Å²) in [7, 11) is 0. The highest BCUT2D eigenvalue weighted by Gasteiger charge is 2.37. The van der Waals surface area contributed by atoms with Crippen molar-refractivity contribution in [2.24, 2.45) is 5.92 Å². The van der Waals surface area contributed by atoms with Gasteiger partial charge in [-0.2, -0.15) is 0 Å². The standard InChI is InChI=1S/C13H24N2O/c1-2-13-9-11(1)10-15(13)6-5-14-12-3-7-16-8-4-12/h11-14H,1-10H2. The molecule has 3 heteroatoms.